The summed E-state index contributed by atoms with van der Waals surface area (Å²) in [6, 6.07) is 3.72. The van der Waals surface area contributed by atoms with Gasteiger partial charge in [0.1, 0.15) is 0 Å². The molecule has 0 aromatic heterocycles. The summed E-state index contributed by atoms with van der Waals surface area (Å²) < 4.78 is 0.908. The van der Waals surface area contributed by atoms with Crippen molar-refractivity contribution in [2.75, 3.05) is 6.26 Å². The number of aryl methyl sites for hydroxylation is 1. The minimum absolute atomic E-state index is 0.516. The lowest BCUT2D eigenvalue weighted by atomic mass is 10.2. The molecule has 1 N–H and O–H groups in total. The minimum atomic E-state index is 0.516. The van der Waals surface area contributed by atoms with Crippen LogP contribution in [0.3, 0.4) is 0 Å². The third kappa shape index (κ3) is 3.41. The fraction of sp³-hybridized carbons (Fsp3) is 0.200. The molecular formula is C10H9BrClN3S. The van der Waals surface area contributed by atoms with E-state index in [2.05, 4.69) is 26.2 Å². The molecule has 1 rings (SSSR count). The van der Waals surface area contributed by atoms with Crippen molar-refractivity contribution in [1.29, 1.82) is 5.26 Å². The van der Waals surface area contributed by atoms with Crippen molar-refractivity contribution in [2.45, 2.75) is 6.92 Å². The monoisotopic (exact) mass is 317 g/mol. The van der Waals surface area contributed by atoms with Crippen LogP contribution in [0.2, 0.25) is 5.02 Å². The molecule has 0 unspecified atom stereocenters. The number of halogens is 2. The second-order valence-electron chi connectivity index (χ2n) is 2.91. The Hall–Kier alpha value is -0.700. The average Bonchev–Trinajstić information content (AvgIpc) is 2.24. The molecule has 0 spiro atoms. The maximum absolute atomic E-state index is 8.53. The minimum Gasteiger partial charge on any atom is -0.271 e. The smallest absolute Gasteiger partial charge is 0.183 e. The van der Waals surface area contributed by atoms with E-state index in [1.807, 2.05) is 31.5 Å². The van der Waals surface area contributed by atoms with Gasteiger partial charge in [0.25, 0.3) is 0 Å². The van der Waals surface area contributed by atoms with Crippen LogP contribution in [0.4, 0.5) is 5.69 Å². The first-order valence-corrected chi connectivity index (χ1v) is 6.71. The summed E-state index contributed by atoms with van der Waals surface area (Å²) in [5.74, 6) is 0. The average molecular weight is 319 g/mol. The molecule has 84 valence electrons. The number of benzene rings is 1. The van der Waals surface area contributed by atoms with Gasteiger partial charge in [-0.15, -0.1) is 0 Å². The Labute approximate surface area is 112 Å². The summed E-state index contributed by atoms with van der Waals surface area (Å²) in [5, 5.41) is 12.1. The predicted molar refractivity (Wildman–Crippen MR) is 73.2 cm³/mol. The highest BCUT2D eigenvalue weighted by molar-refractivity contribution is 9.10. The molecule has 1 aromatic carbocycles. The molecule has 0 amide bonds. The van der Waals surface area contributed by atoms with Crippen molar-refractivity contribution >= 4 is 50.1 Å². The van der Waals surface area contributed by atoms with Gasteiger partial charge in [0.05, 0.1) is 10.7 Å². The number of aliphatic imine (C=N–C) groups is 1. The molecule has 0 atom stereocenters. The Morgan fingerprint density at radius 2 is 2.31 bits per heavy atom. The molecule has 0 saturated carbocycles. The maximum atomic E-state index is 8.53. The normalized spacial score (nSPS) is 11.1. The fourth-order valence-corrected chi connectivity index (χ4v) is 2.12. The van der Waals surface area contributed by atoms with E-state index in [1.165, 1.54) is 11.8 Å². The van der Waals surface area contributed by atoms with Crippen LogP contribution in [0.25, 0.3) is 0 Å². The molecule has 0 heterocycles. The van der Waals surface area contributed by atoms with Crippen LogP contribution >= 0.6 is 39.3 Å². The molecule has 0 radical (unpaired) electrons. The molecular weight excluding hydrogens is 310 g/mol. The number of hydrogen-bond donors (Lipinski definition) is 1. The first-order chi connectivity index (χ1) is 7.58. The Kier molecular flexibility index (Phi) is 5.13. The van der Waals surface area contributed by atoms with Crippen LogP contribution < -0.4 is 5.32 Å². The zero-order valence-electron chi connectivity index (χ0n) is 8.71. The van der Waals surface area contributed by atoms with Crippen LogP contribution in [0.5, 0.6) is 0 Å². The Balaban J connectivity index is 3.18. The van der Waals surface area contributed by atoms with Gasteiger partial charge in [-0.1, -0.05) is 39.3 Å². The highest BCUT2D eigenvalue weighted by Crippen LogP contribution is 2.32. The lowest BCUT2D eigenvalue weighted by Crippen LogP contribution is -2.12. The zero-order chi connectivity index (χ0) is 12.1. The van der Waals surface area contributed by atoms with Crippen LogP contribution in [0, 0.1) is 18.4 Å². The number of amidine groups is 1. The molecule has 1 aromatic rings. The molecule has 0 aliphatic heterocycles. The van der Waals surface area contributed by atoms with Crippen molar-refractivity contribution in [3.63, 3.8) is 0 Å². The van der Waals surface area contributed by atoms with E-state index in [0.29, 0.717) is 15.9 Å². The Morgan fingerprint density at radius 1 is 1.62 bits per heavy atom. The zero-order valence-corrected chi connectivity index (χ0v) is 11.9. The highest BCUT2D eigenvalue weighted by atomic mass is 79.9. The van der Waals surface area contributed by atoms with Gasteiger partial charge in [0.15, 0.2) is 11.4 Å². The van der Waals surface area contributed by atoms with Crippen molar-refractivity contribution in [2.24, 2.45) is 4.99 Å². The van der Waals surface area contributed by atoms with Crippen molar-refractivity contribution in [3.8, 4) is 6.19 Å². The molecule has 0 saturated heterocycles. The number of nitrogens with zero attached hydrogens (tertiary/aromatic N) is 2. The first kappa shape index (κ1) is 13.4. The van der Waals surface area contributed by atoms with Crippen LogP contribution in [0.1, 0.15) is 5.56 Å². The lowest BCUT2D eigenvalue weighted by molar-refractivity contribution is 1.27. The molecule has 0 aliphatic rings. The number of hydrogen-bond acceptors (Lipinski definition) is 3. The summed E-state index contributed by atoms with van der Waals surface area (Å²) >= 11 is 10.8. The van der Waals surface area contributed by atoms with Gasteiger partial charge in [-0.3, -0.25) is 5.32 Å². The van der Waals surface area contributed by atoms with Crippen molar-refractivity contribution < 1.29 is 0 Å². The van der Waals surface area contributed by atoms with Crippen LogP contribution in [0.15, 0.2) is 21.6 Å². The largest absolute Gasteiger partial charge is 0.271 e. The van der Waals surface area contributed by atoms with E-state index in [0.717, 1.165) is 10.0 Å². The van der Waals surface area contributed by atoms with Gasteiger partial charge < -0.3 is 0 Å². The summed E-state index contributed by atoms with van der Waals surface area (Å²) in [5.41, 5.74) is 1.58. The summed E-state index contributed by atoms with van der Waals surface area (Å²) in [7, 11) is 0. The second-order valence-corrected chi connectivity index (χ2v) is 5.00. The second kappa shape index (κ2) is 6.14. The first-order valence-electron chi connectivity index (χ1n) is 4.32. The summed E-state index contributed by atoms with van der Waals surface area (Å²) in [6.07, 6.45) is 3.67. The molecule has 3 nitrogen and oxygen atoms in total. The third-order valence-corrected chi connectivity index (χ3v) is 3.31. The Morgan fingerprint density at radius 3 is 2.88 bits per heavy atom. The van der Waals surface area contributed by atoms with Gasteiger partial charge in [0, 0.05) is 4.47 Å². The molecule has 6 heteroatoms. The van der Waals surface area contributed by atoms with E-state index in [9.17, 15) is 0 Å². The predicted octanol–water partition coefficient (Wildman–Crippen LogP) is 3.83. The van der Waals surface area contributed by atoms with Crippen molar-refractivity contribution in [3.05, 3.63) is 27.2 Å². The highest BCUT2D eigenvalue weighted by Gasteiger charge is 2.05. The van der Waals surface area contributed by atoms with Gasteiger partial charge in [-0.25, -0.2) is 4.99 Å². The SMILES string of the molecule is CSC(=Nc1cc(Br)cc(C)c1Cl)NC#N. The summed E-state index contributed by atoms with van der Waals surface area (Å²) in [4.78, 5) is 4.27. The van der Waals surface area contributed by atoms with Crippen molar-refractivity contribution in [1.82, 2.24) is 5.32 Å². The summed E-state index contributed by atoms with van der Waals surface area (Å²) in [6.45, 7) is 1.91. The topological polar surface area (TPSA) is 48.2 Å². The molecule has 0 fully saturated rings. The van der Waals surface area contributed by atoms with Crippen LogP contribution in [-0.4, -0.2) is 11.4 Å². The van der Waals surface area contributed by atoms with Gasteiger partial charge in [-0.2, -0.15) is 5.26 Å². The molecule has 0 bridgehead atoms. The fourth-order valence-electron chi connectivity index (χ4n) is 1.07. The van der Waals surface area contributed by atoms with Gasteiger partial charge in [0.2, 0.25) is 0 Å². The lowest BCUT2D eigenvalue weighted by Gasteiger charge is -2.05. The Bertz CT molecular complexity index is 468. The number of nitriles is 1. The molecule has 16 heavy (non-hydrogen) atoms. The van der Waals surface area contributed by atoms with E-state index >= 15 is 0 Å². The number of rotatable bonds is 1. The van der Waals surface area contributed by atoms with E-state index in [-0.39, 0.29) is 0 Å². The third-order valence-electron chi connectivity index (χ3n) is 1.78. The molecule has 0 aliphatic carbocycles. The van der Waals surface area contributed by atoms with E-state index in [4.69, 9.17) is 16.9 Å². The van der Waals surface area contributed by atoms with Crippen LogP contribution in [-0.2, 0) is 0 Å². The standard InChI is InChI=1S/C10H9BrClN3S/c1-6-3-7(11)4-8(9(6)12)15-10(16-2)14-5-13/h3-4H,1-2H3,(H,14,15). The number of thioether (sulfide) groups is 1. The quantitative estimate of drug-likeness (QED) is 0.370. The van der Waals surface area contributed by atoms with E-state index in [1.54, 1.807) is 0 Å². The maximum Gasteiger partial charge on any atom is 0.183 e. The van der Waals surface area contributed by atoms with Gasteiger partial charge in [-0.05, 0) is 30.9 Å². The number of nitrogens with one attached hydrogen (secondary N) is 1. The van der Waals surface area contributed by atoms with E-state index < -0.39 is 0 Å². The van der Waals surface area contributed by atoms with Gasteiger partial charge >= 0.3 is 0 Å².